The highest BCUT2D eigenvalue weighted by Gasteiger charge is 2.20. The van der Waals surface area contributed by atoms with Gasteiger partial charge in [-0.2, -0.15) is 0 Å². The molecular formula is C10H12ClN2. The summed E-state index contributed by atoms with van der Waals surface area (Å²) in [6.07, 6.45) is 4.68. The van der Waals surface area contributed by atoms with Crippen LogP contribution in [0.15, 0.2) is 18.5 Å². The van der Waals surface area contributed by atoms with Gasteiger partial charge in [-0.1, -0.05) is 11.6 Å². The van der Waals surface area contributed by atoms with Crippen molar-refractivity contribution in [2.75, 3.05) is 18.0 Å². The zero-order chi connectivity index (χ0) is 9.26. The second-order valence-electron chi connectivity index (χ2n) is 3.43. The predicted octanol–water partition coefficient (Wildman–Crippen LogP) is 2.40. The summed E-state index contributed by atoms with van der Waals surface area (Å²) in [6.45, 7) is 6.07. The summed E-state index contributed by atoms with van der Waals surface area (Å²) in [5, 5.41) is 0.782. The summed E-state index contributed by atoms with van der Waals surface area (Å²) in [4.78, 5) is 6.31. The topological polar surface area (TPSA) is 16.1 Å². The second-order valence-corrected chi connectivity index (χ2v) is 3.84. The first-order valence-electron chi connectivity index (χ1n) is 4.45. The van der Waals surface area contributed by atoms with Crippen molar-refractivity contribution in [3.8, 4) is 0 Å². The minimum Gasteiger partial charge on any atom is -0.369 e. The van der Waals surface area contributed by atoms with E-state index in [1.165, 1.54) is 0 Å². The highest BCUT2D eigenvalue weighted by molar-refractivity contribution is 6.33. The van der Waals surface area contributed by atoms with Gasteiger partial charge in [0.25, 0.3) is 0 Å². The van der Waals surface area contributed by atoms with Crippen molar-refractivity contribution in [1.29, 1.82) is 0 Å². The van der Waals surface area contributed by atoms with Crippen LogP contribution in [0, 0.1) is 12.8 Å². The van der Waals surface area contributed by atoms with Crippen molar-refractivity contribution >= 4 is 17.3 Å². The second kappa shape index (κ2) is 3.54. The Kier molecular flexibility index (Phi) is 2.40. The quantitative estimate of drug-likeness (QED) is 0.684. The molecule has 0 bridgehead atoms. The Labute approximate surface area is 83.5 Å². The van der Waals surface area contributed by atoms with Crippen molar-refractivity contribution in [3.05, 3.63) is 30.4 Å². The average Bonchev–Trinajstić information content (AvgIpc) is 2.53. The lowest BCUT2D eigenvalue weighted by Gasteiger charge is -2.18. The van der Waals surface area contributed by atoms with E-state index in [0.717, 1.165) is 30.2 Å². The van der Waals surface area contributed by atoms with Crippen molar-refractivity contribution in [3.63, 3.8) is 0 Å². The van der Waals surface area contributed by atoms with E-state index in [1.807, 2.05) is 12.3 Å². The Hall–Kier alpha value is -0.760. The fourth-order valence-electron chi connectivity index (χ4n) is 1.65. The molecule has 69 valence electrons. The molecule has 2 rings (SSSR count). The van der Waals surface area contributed by atoms with Crippen LogP contribution in [-0.2, 0) is 0 Å². The number of nitrogens with zero attached hydrogens (tertiary/aromatic N) is 2. The van der Waals surface area contributed by atoms with Crippen molar-refractivity contribution in [2.24, 2.45) is 5.92 Å². The van der Waals surface area contributed by atoms with Gasteiger partial charge in [-0.05, 0) is 25.3 Å². The highest BCUT2D eigenvalue weighted by atomic mass is 35.5. The van der Waals surface area contributed by atoms with Gasteiger partial charge in [0.15, 0.2) is 0 Å². The smallest absolute Gasteiger partial charge is 0.0742 e. The lowest BCUT2D eigenvalue weighted by Crippen LogP contribution is -2.19. The van der Waals surface area contributed by atoms with Crippen LogP contribution in [0.25, 0.3) is 0 Å². The van der Waals surface area contributed by atoms with Gasteiger partial charge in [0.1, 0.15) is 0 Å². The molecule has 1 unspecified atom stereocenters. The number of anilines is 1. The van der Waals surface area contributed by atoms with E-state index in [2.05, 4.69) is 16.8 Å². The van der Waals surface area contributed by atoms with E-state index < -0.39 is 0 Å². The maximum atomic E-state index is 6.05. The summed E-state index contributed by atoms with van der Waals surface area (Å²) >= 11 is 6.05. The molecule has 1 aromatic heterocycles. The molecule has 2 nitrogen and oxygen atoms in total. The van der Waals surface area contributed by atoms with Gasteiger partial charge >= 0.3 is 0 Å². The van der Waals surface area contributed by atoms with Crippen LogP contribution < -0.4 is 4.90 Å². The molecule has 1 aliphatic rings. The van der Waals surface area contributed by atoms with Gasteiger partial charge < -0.3 is 4.90 Å². The normalized spacial score (nSPS) is 22.3. The van der Waals surface area contributed by atoms with Gasteiger partial charge in [-0.15, -0.1) is 0 Å². The number of aromatic nitrogens is 1. The molecule has 1 aliphatic heterocycles. The van der Waals surface area contributed by atoms with Crippen LogP contribution >= 0.6 is 11.6 Å². The molecule has 2 heterocycles. The summed E-state index contributed by atoms with van der Waals surface area (Å²) < 4.78 is 0. The number of hydrogen-bond acceptors (Lipinski definition) is 2. The van der Waals surface area contributed by atoms with Crippen molar-refractivity contribution in [1.82, 2.24) is 4.98 Å². The summed E-state index contributed by atoms with van der Waals surface area (Å²) in [7, 11) is 0. The molecule has 13 heavy (non-hydrogen) atoms. The number of rotatable bonds is 1. The molecule has 0 aromatic carbocycles. The van der Waals surface area contributed by atoms with E-state index in [-0.39, 0.29) is 0 Å². The highest BCUT2D eigenvalue weighted by Crippen LogP contribution is 2.28. The monoisotopic (exact) mass is 195 g/mol. The molecule has 0 amide bonds. The Balaban J connectivity index is 2.21. The molecule has 0 spiro atoms. The molecular weight excluding hydrogens is 184 g/mol. The van der Waals surface area contributed by atoms with E-state index in [1.54, 1.807) is 6.20 Å². The third-order valence-corrected chi connectivity index (χ3v) is 2.69. The van der Waals surface area contributed by atoms with Gasteiger partial charge in [0.2, 0.25) is 0 Å². The molecule has 1 radical (unpaired) electrons. The fourth-order valence-corrected chi connectivity index (χ4v) is 1.88. The fraction of sp³-hybridized carbons (Fsp3) is 0.400. The Bertz CT molecular complexity index is 301. The van der Waals surface area contributed by atoms with Gasteiger partial charge in [0.05, 0.1) is 16.9 Å². The molecule has 1 aromatic rings. The Morgan fingerprint density at radius 2 is 2.46 bits per heavy atom. The zero-order valence-corrected chi connectivity index (χ0v) is 8.17. The van der Waals surface area contributed by atoms with Crippen LogP contribution in [0.2, 0.25) is 5.02 Å². The zero-order valence-electron chi connectivity index (χ0n) is 7.41. The molecule has 0 aliphatic carbocycles. The maximum absolute atomic E-state index is 6.05. The van der Waals surface area contributed by atoms with Crippen LogP contribution in [0.1, 0.15) is 6.42 Å². The van der Waals surface area contributed by atoms with Crippen LogP contribution in [0.3, 0.4) is 0 Å². The average molecular weight is 196 g/mol. The van der Waals surface area contributed by atoms with Crippen LogP contribution in [-0.4, -0.2) is 18.1 Å². The van der Waals surface area contributed by atoms with Gasteiger partial charge in [-0.3, -0.25) is 4.98 Å². The van der Waals surface area contributed by atoms with E-state index in [4.69, 9.17) is 11.6 Å². The molecule has 0 saturated carbocycles. The van der Waals surface area contributed by atoms with Crippen molar-refractivity contribution < 1.29 is 0 Å². The number of pyridine rings is 1. The van der Waals surface area contributed by atoms with Crippen molar-refractivity contribution in [2.45, 2.75) is 6.42 Å². The minimum absolute atomic E-state index is 0.524. The third-order valence-electron chi connectivity index (χ3n) is 2.37. The molecule has 3 heteroatoms. The number of halogens is 1. The molecule has 1 fully saturated rings. The largest absolute Gasteiger partial charge is 0.369 e. The summed E-state index contributed by atoms with van der Waals surface area (Å²) in [5.74, 6) is 0.524. The lowest BCUT2D eigenvalue weighted by atomic mass is 10.2. The first-order chi connectivity index (χ1) is 6.27. The van der Waals surface area contributed by atoms with E-state index in [9.17, 15) is 0 Å². The minimum atomic E-state index is 0.524. The summed E-state index contributed by atoms with van der Waals surface area (Å²) in [5.41, 5.74) is 1.04. The molecule has 1 atom stereocenters. The molecule has 0 N–H and O–H groups in total. The first-order valence-corrected chi connectivity index (χ1v) is 4.82. The lowest BCUT2D eigenvalue weighted by molar-refractivity contribution is 0.734. The van der Waals surface area contributed by atoms with Crippen LogP contribution in [0.5, 0.6) is 0 Å². The number of hydrogen-bond donors (Lipinski definition) is 0. The standard InChI is InChI=1S/C10H12ClN2/c1-8-3-5-13(7-8)10-6-12-4-2-9(10)11/h2,4,6,8H,1,3,5,7H2. The Morgan fingerprint density at radius 1 is 1.62 bits per heavy atom. The van der Waals surface area contributed by atoms with Gasteiger partial charge in [0, 0.05) is 19.3 Å². The van der Waals surface area contributed by atoms with Gasteiger partial charge in [-0.25, -0.2) is 0 Å². The van der Waals surface area contributed by atoms with Crippen LogP contribution in [0.4, 0.5) is 5.69 Å². The van der Waals surface area contributed by atoms with E-state index in [0.29, 0.717) is 5.92 Å². The Morgan fingerprint density at radius 3 is 3.08 bits per heavy atom. The predicted molar refractivity (Wildman–Crippen MR) is 54.9 cm³/mol. The SMILES string of the molecule is [CH2]C1CCN(c2cnccc2Cl)C1. The first kappa shape index (κ1) is 8.82. The molecule has 1 saturated heterocycles. The maximum Gasteiger partial charge on any atom is 0.0742 e. The third kappa shape index (κ3) is 1.78. The summed E-state index contributed by atoms with van der Waals surface area (Å²) in [6, 6.07) is 1.83. The van der Waals surface area contributed by atoms with E-state index >= 15 is 0 Å².